The largest absolute Gasteiger partial charge is 0.293 e. The average Bonchev–Trinajstić information content (AvgIpc) is 2.92. The molecule has 0 aromatic carbocycles. The Balaban J connectivity index is 1.70. The van der Waals surface area contributed by atoms with Gasteiger partial charge >= 0.3 is 0 Å². The fourth-order valence-electron chi connectivity index (χ4n) is 2.72. The molecule has 0 N–H and O–H groups in total. The van der Waals surface area contributed by atoms with Crippen LogP contribution in [-0.2, 0) is 10.8 Å². The van der Waals surface area contributed by atoms with Crippen LogP contribution in [-0.4, -0.2) is 21.0 Å². The van der Waals surface area contributed by atoms with Crippen LogP contribution in [0.4, 0.5) is 0 Å². The van der Waals surface area contributed by atoms with E-state index in [-0.39, 0.29) is 5.78 Å². The van der Waals surface area contributed by atoms with E-state index in [1.807, 2.05) is 17.5 Å². The summed E-state index contributed by atoms with van der Waals surface area (Å²) in [6, 6.07) is 3.77. The Bertz CT molecular complexity index is 425. The molecule has 0 aliphatic heterocycles. The summed E-state index contributed by atoms with van der Waals surface area (Å²) in [5, 5.41) is 2.30. The standard InChI is InChI=1S/C15H22O2S2/c1-12-5-2-6-13(11-12)19(17)10-4-7-14(16)15-8-3-9-18-15/h3,8-9,12-13H,2,4-7,10-11H2,1H3. The van der Waals surface area contributed by atoms with Gasteiger partial charge in [0.25, 0.3) is 0 Å². The topological polar surface area (TPSA) is 34.1 Å². The first-order chi connectivity index (χ1) is 9.16. The molecule has 0 bridgehead atoms. The van der Waals surface area contributed by atoms with Gasteiger partial charge < -0.3 is 0 Å². The second-order valence-corrected chi connectivity index (χ2v) is 8.27. The Morgan fingerprint density at radius 2 is 2.32 bits per heavy atom. The maximum absolute atomic E-state index is 12.2. The van der Waals surface area contributed by atoms with Gasteiger partial charge in [-0.05, 0) is 36.6 Å². The summed E-state index contributed by atoms with van der Waals surface area (Å²) in [5.74, 6) is 1.61. The molecule has 0 saturated heterocycles. The first kappa shape index (κ1) is 14.9. The molecule has 1 aromatic heterocycles. The van der Waals surface area contributed by atoms with Gasteiger partial charge in [0, 0.05) is 28.2 Å². The van der Waals surface area contributed by atoms with Crippen LogP contribution in [0.1, 0.15) is 55.1 Å². The van der Waals surface area contributed by atoms with Crippen molar-refractivity contribution in [2.45, 2.75) is 50.7 Å². The molecule has 19 heavy (non-hydrogen) atoms. The minimum atomic E-state index is -0.739. The van der Waals surface area contributed by atoms with E-state index in [0.717, 1.165) is 30.1 Å². The summed E-state index contributed by atoms with van der Waals surface area (Å²) < 4.78 is 12.2. The molecule has 1 heterocycles. The number of rotatable bonds is 6. The predicted molar refractivity (Wildman–Crippen MR) is 82.3 cm³/mol. The zero-order valence-electron chi connectivity index (χ0n) is 11.5. The first-order valence-corrected chi connectivity index (χ1v) is 9.37. The van der Waals surface area contributed by atoms with Crippen LogP contribution in [0.3, 0.4) is 0 Å². The Kier molecular flexibility index (Phi) is 5.76. The fraction of sp³-hybridized carbons (Fsp3) is 0.667. The van der Waals surface area contributed by atoms with Crippen LogP contribution in [0.5, 0.6) is 0 Å². The lowest BCUT2D eigenvalue weighted by Crippen LogP contribution is -2.24. The summed E-state index contributed by atoms with van der Waals surface area (Å²) in [6.45, 7) is 2.25. The summed E-state index contributed by atoms with van der Waals surface area (Å²) in [4.78, 5) is 12.7. The maximum atomic E-state index is 12.2. The molecule has 0 spiro atoms. The van der Waals surface area contributed by atoms with Crippen LogP contribution >= 0.6 is 11.3 Å². The molecule has 4 heteroatoms. The van der Waals surface area contributed by atoms with Crippen LogP contribution in [0.2, 0.25) is 0 Å². The van der Waals surface area contributed by atoms with Gasteiger partial charge in [0.05, 0.1) is 4.88 Å². The molecule has 1 fully saturated rings. The number of Topliss-reactive ketones (excluding diaryl/α,β-unsaturated/α-hetero) is 1. The van der Waals surface area contributed by atoms with Crippen LogP contribution in [0, 0.1) is 5.92 Å². The van der Waals surface area contributed by atoms with Crippen molar-refractivity contribution in [3.8, 4) is 0 Å². The molecule has 3 unspecified atom stereocenters. The van der Waals surface area contributed by atoms with Gasteiger partial charge in [0.1, 0.15) is 0 Å². The van der Waals surface area contributed by atoms with E-state index in [1.54, 1.807) is 0 Å². The lowest BCUT2D eigenvalue weighted by atomic mass is 9.91. The van der Waals surface area contributed by atoms with Gasteiger partial charge in [-0.3, -0.25) is 9.00 Å². The molecule has 3 atom stereocenters. The van der Waals surface area contributed by atoms with E-state index in [0.29, 0.717) is 17.4 Å². The molecule has 106 valence electrons. The zero-order valence-corrected chi connectivity index (χ0v) is 13.1. The van der Waals surface area contributed by atoms with Gasteiger partial charge in [-0.25, -0.2) is 0 Å². The van der Waals surface area contributed by atoms with Gasteiger partial charge in [0.15, 0.2) is 5.78 Å². The number of carbonyl (C=O) groups is 1. The third kappa shape index (κ3) is 4.53. The molecular formula is C15H22O2S2. The second-order valence-electron chi connectivity index (χ2n) is 5.48. The molecular weight excluding hydrogens is 276 g/mol. The monoisotopic (exact) mass is 298 g/mol. The van der Waals surface area contributed by atoms with Crippen LogP contribution in [0.25, 0.3) is 0 Å². The highest BCUT2D eigenvalue weighted by atomic mass is 32.2. The molecule has 1 aliphatic carbocycles. The predicted octanol–water partition coefficient (Wildman–Crippen LogP) is 4.04. The van der Waals surface area contributed by atoms with E-state index in [1.165, 1.54) is 24.2 Å². The van der Waals surface area contributed by atoms with Crippen molar-refractivity contribution in [2.24, 2.45) is 5.92 Å². The second kappa shape index (κ2) is 7.34. The molecule has 2 rings (SSSR count). The number of thiophene rings is 1. The highest BCUT2D eigenvalue weighted by molar-refractivity contribution is 7.85. The van der Waals surface area contributed by atoms with Crippen molar-refractivity contribution < 1.29 is 9.00 Å². The van der Waals surface area contributed by atoms with Gasteiger partial charge in [0.2, 0.25) is 0 Å². The van der Waals surface area contributed by atoms with E-state index in [4.69, 9.17) is 0 Å². The quantitative estimate of drug-likeness (QED) is 0.743. The lowest BCUT2D eigenvalue weighted by molar-refractivity contribution is 0.0986. The minimum absolute atomic E-state index is 0.198. The molecule has 1 saturated carbocycles. The van der Waals surface area contributed by atoms with E-state index in [9.17, 15) is 9.00 Å². The van der Waals surface area contributed by atoms with Gasteiger partial charge in [-0.1, -0.05) is 25.8 Å². The fourth-order valence-corrected chi connectivity index (χ4v) is 5.15. The molecule has 1 aliphatic rings. The number of hydrogen-bond acceptors (Lipinski definition) is 3. The van der Waals surface area contributed by atoms with Crippen LogP contribution < -0.4 is 0 Å². The minimum Gasteiger partial charge on any atom is -0.293 e. The Hall–Kier alpha value is -0.480. The van der Waals surface area contributed by atoms with Gasteiger partial charge in [-0.2, -0.15) is 0 Å². The van der Waals surface area contributed by atoms with E-state index < -0.39 is 10.8 Å². The summed E-state index contributed by atoms with van der Waals surface area (Å²) in [6.07, 6.45) is 6.00. The Labute approximate surface area is 122 Å². The molecule has 2 nitrogen and oxygen atoms in total. The molecule has 0 amide bonds. The van der Waals surface area contributed by atoms with Crippen molar-refractivity contribution in [2.75, 3.05) is 5.75 Å². The van der Waals surface area contributed by atoms with Crippen molar-refractivity contribution in [3.63, 3.8) is 0 Å². The summed E-state index contributed by atoms with van der Waals surface area (Å²) in [7, 11) is -0.739. The Morgan fingerprint density at radius 1 is 1.47 bits per heavy atom. The zero-order chi connectivity index (χ0) is 13.7. The normalized spacial score (nSPS) is 25.1. The highest BCUT2D eigenvalue weighted by Crippen LogP contribution is 2.27. The number of carbonyl (C=O) groups excluding carboxylic acids is 1. The van der Waals surface area contributed by atoms with E-state index in [2.05, 4.69) is 6.92 Å². The van der Waals surface area contributed by atoms with Crippen molar-refractivity contribution in [1.29, 1.82) is 0 Å². The SMILES string of the molecule is CC1CCCC(S(=O)CCCC(=O)c2cccs2)C1. The van der Waals surface area contributed by atoms with Crippen molar-refractivity contribution in [3.05, 3.63) is 22.4 Å². The maximum Gasteiger partial charge on any atom is 0.172 e. The van der Waals surface area contributed by atoms with Gasteiger partial charge in [-0.15, -0.1) is 11.3 Å². The van der Waals surface area contributed by atoms with Crippen LogP contribution in [0.15, 0.2) is 17.5 Å². The van der Waals surface area contributed by atoms with E-state index >= 15 is 0 Å². The van der Waals surface area contributed by atoms with Crippen molar-refractivity contribution in [1.82, 2.24) is 0 Å². The average molecular weight is 298 g/mol. The number of ketones is 1. The summed E-state index contributed by atoms with van der Waals surface area (Å²) in [5.41, 5.74) is 0. The number of hydrogen-bond donors (Lipinski definition) is 0. The smallest absolute Gasteiger partial charge is 0.172 e. The molecule has 0 radical (unpaired) electrons. The third-order valence-corrected chi connectivity index (χ3v) is 6.58. The Morgan fingerprint density at radius 3 is 3.00 bits per heavy atom. The van der Waals surface area contributed by atoms with Crippen molar-refractivity contribution >= 4 is 27.9 Å². The lowest BCUT2D eigenvalue weighted by Gasteiger charge is -2.25. The summed E-state index contributed by atoms with van der Waals surface area (Å²) >= 11 is 1.49. The first-order valence-electron chi connectivity index (χ1n) is 7.10. The third-order valence-electron chi connectivity index (χ3n) is 3.81. The molecule has 1 aromatic rings. The highest BCUT2D eigenvalue weighted by Gasteiger charge is 2.23.